The van der Waals surface area contributed by atoms with E-state index in [0.29, 0.717) is 51.7 Å². The molecule has 1 aromatic heterocycles. The van der Waals surface area contributed by atoms with Crippen molar-refractivity contribution in [3.8, 4) is 11.5 Å². The first-order valence-electron chi connectivity index (χ1n) is 8.86. The molecule has 0 N–H and O–H groups in total. The molecule has 1 heterocycles. The number of para-hydroxylation sites is 1. The van der Waals surface area contributed by atoms with Crippen LogP contribution in [0.25, 0.3) is 10.2 Å². The summed E-state index contributed by atoms with van der Waals surface area (Å²) in [5.41, 5.74) is 1.08. The number of methoxy groups -OCH3 is 2. The zero-order valence-electron chi connectivity index (χ0n) is 16.2. The Balaban J connectivity index is 2.15. The van der Waals surface area contributed by atoms with E-state index in [1.165, 1.54) is 25.6 Å². The summed E-state index contributed by atoms with van der Waals surface area (Å²) in [7, 11) is 3.00. The van der Waals surface area contributed by atoms with Gasteiger partial charge >= 0.3 is 0 Å². The smallest absolute Gasteiger partial charge is 0.283 e. The predicted molar refractivity (Wildman–Crippen MR) is 116 cm³/mol. The normalized spacial score (nSPS) is 11.8. The van der Waals surface area contributed by atoms with Crippen molar-refractivity contribution in [1.29, 1.82) is 0 Å². The second-order valence-electron chi connectivity index (χ2n) is 5.93. The zero-order chi connectivity index (χ0) is 21.0. The average molecular weight is 455 g/mol. The molecule has 154 valence electrons. The molecule has 0 aliphatic heterocycles. The van der Waals surface area contributed by atoms with Crippen LogP contribution in [0.2, 0.25) is 10.0 Å². The van der Waals surface area contributed by atoms with Gasteiger partial charge in [0.15, 0.2) is 16.3 Å². The van der Waals surface area contributed by atoms with E-state index >= 15 is 0 Å². The molecule has 0 bridgehead atoms. The molecule has 3 aromatic rings. The van der Waals surface area contributed by atoms with Crippen LogP contribution in [0.1, 0.15) is 17.3 Å². The number of hydrogen-bond donors (Lipinski definition) is 0. The van der Waals surface area contributed by atoms with Gasteiger partial charge in [-0.2, -0.15) is 4.99 Å². The van der Waals surface area contributed by atoms with Gasteiger partial charge in [0, 0.05) is 18.2 Å². The Bertz CT molecular complexity index is 1110. The van der Waals surface area contributed by atoms with Crippen LogP contribution in [0.15, 0.2) is 35.3 Å². The van der Waals surface area contributed by atoms with Crippen LogP contribution in [-0.4, -0.2) is 37.9 Å². The van der Waals surface area contributed by atoms with Gasteiger partial charge in [0.2, 0.25) is 0 Å². The summed E-state index contributed by atoms with van der Waals surface area (Å²) in [4.78, 5) is 17.8. The number of thiazole rings is 1. The Morgan fingerprint density at radius 2 is 2.00 bits per heavy atom. The van der Waals surface area contributed by atoms with Gasteiger partial charge in [-0.25, -0.2) is 0 Å². The Labute approximate surface area is 182 Å². The van der Waals surface area contributed by atoms with Crippen molar-refractivity contribution in [1.82, 2.24) is 4.57 Å². The highest BCUT2D eigenvalue weighted by Crippen LogP contribution is 2.32. The maximum atomic E-state index is 13.0. The zero-order valence-corrected chi connectivity index (χ0v) is 18.5. The van der Waals surface area contributed by atoms with E-state index in [0.717, 1.165) is 10.2 Å². The second kappa shape index (κ2) is 9.63. The number of amides is 1. The lowest BCUT2D eigenvalue weighted by molar-refractivity contribution is 0.0993. The number of ether oxygens (including phenoxy) is 3. The molecule has 0 spiro atoms. The average Bonchev–Trinajstić information content (AvgIpc) is 3.04. The third-order valence-electron chi connectivity index (χ3n) is 4.19. The minimum Gasteiger partial charge on any atom is -0.493 e. The van der Waals surface area contributed by atoms with Crippen molar-refractivity contribution < 1.29 is 19.0 Å². The third kappa shape index (κ3) is 4.59. The summed E-state index contributed by atoms with van der Waals surface area (Å²) in [5.74, 6) is 0.357. The monoisotopic (exact) mass is 454 g/mol. The van der Waals surface area contributed by atoms with Gasteiger partial charge in [-0.05, 0) is 31.2 Å². The number of benzene rings is 2. The molecule has 0 saturated carbocycles. The Hall–Kier alpha value is -2.06. The number of nitrogens with zero attached hydrogens (tertiary/aromatic N) is 2. The summed E-state index contributed by atoms with van der Waals surface area (Å²) in [6.45, 7) is 3.48. The van der Waals surface area contributed by atoms with E-state index in [1.807, 2.05) is 11.5 Å². The molecule has 2 aromatic carbocycles. The van der Waals surface area contributed by atoms with E-state index in [4.69, 9.17) is 37.4 Å². The molecule has 0 unspecified atom stereocenters. The Morgan fingerprint density at radius 3 is 2.69 bits per heavy atom. The van der Waals surface area contributed by atoms with Gasteiger partial charge in [0.1, 0.15) is 0 Å². The van der Waals surface area contributed by atoms with Crippen LogP contribution in [0.5, 0.6) is 11.5 Å². The summed E-state index contributed by atoms with van der Waals surface area (Å²) in [6, 6.07) is 8.56. The van der Waals surface area contributed by atoms with Crippen molar-refractivity contribution in [2.45, 2.75) is 13.5 Å². The maximum Gasteiger partial charge on any atom is 0.283 e. The number of rotatable bonds is 7. The second-order valence-corrected chi connectivity index (χ2v) is 7.78. The van der Waals surface area contributed by atoms with Gasteiger partial charge in [0.25, 0.3) is 5.91 Å². The van der Waals surface area contributed by atoms with Gasteiger partial charge < -0.3 is 18.8 Å². The molecule has 0 aliphatic carbocycles. The van der Waals surface area contributed by atoms with Crippen LogP contribution < -0.4 is 14.3 Å². The summed E-state index contributed by atoms with van der Waals surface area (Å²) < 4.78 is 18.8. The minimum absolute atomic E-state index is 0.310. The fraction of sp³-hybridized carbons (Fsp3) is 0.300. The first-order chi connectivity index (χ1) is 14.0. The van der Waals surface area contributed by atoms with Crippen LogP contribution in [0, 0.1) is 0 Å². The standard InChI is InChI=1S/C20H20Cl2N2O4S/c1-4-28-9-8-24-17-14(22)10-12(21)11-16(17)29-20(24)23-19(25)13-6-5-7-15(26-2)18(13)27-3/h5-7,10-11H,4,8-9H2,1-3H3. The maximum absolute atomic E-state index is 13.0. The van der Waals surface area contributed by atoms with Crippen molar-refractivity contribution in [2.24, 2.45) is 4.99 Å². The van der Waals surface area contributed by atoms with E-state index in [9.17, 15) is 4.79 Å². The van der Waals surface area contributed by atoms with E-state index in [2.05, 4.69) is 4.99 Å². The number of aromatic nitrogens is 1. The van der Waals surface area contributed by atoms with Gasteiger partial charge in [0.05, 0.1) is 41.6 Å². The predicted octanol–water partition coefficient (Wildman–Crippen LogP) is 4.80. The van der Waals surface area contributed by atoms with Crippen LogP contribution >= 0.6 is 34.5 Å². The summed E-state index contributed by atoms with van der Waals surface area (Å²) >= 11 is 13.9. The van der Waals surface area contributed by atoms with E-state index < -0.39 is 5.91 Å². The fourth-order valence-electron chi connectivity index (χ4n) is 2.92. The quantitative estimate of drug-likeness (QED) is 0.480. The van der Waals surface area contributed by atoms with Gasteiger partial charge in [-0.3, -0.25) is 4.79 Å². The molecule has 1 amide bonds. The summed E-state index contributed by atoms with van der Waals surface area (Å²) in [5, 5.41) is 1.01. The molecule has 0 fully saturated rings. The van der Waals surface area contributed by atoms with Crippen molar-refractivity contribution in [2.75, 3.05) is 27.4 Å². The van der Waals surface area contributed by atoms with E-state index in [1.54, 1.807) is 30.3 Å². The molecule has 0 saturated heterocycles. The molecule has 0 atom stereocenters. The summed E-state index contributed by atoms with van der Waals surface area (Å²) in [6.07, 6.45) is 0. The lowest BCUT2D eigenvalue weighted by Crippen LogP contribution is -2.20. The Kier molecular flexibility index (Phi) is 7.18. The number of carbonyl (C=O) groups is 1. The van der Waals surface area contributed by atoms with Crippen LogP contribution in [0.4, 0.5) is 0 Å². The van der Waals surface area contributed by atoms with Gasteiger partial charge in [-0.15, -0.1) is 0 Å². The molecule has 6 nitrogen and oxygen atoms in total. The molecule has 0 radical (unpaired) electrons. The fourth-order valence-corrected chi connectivity index (χ4v) is 4.76. The van der Waals surface area contributed by atoms with Crippen molar-refractivity contribution in [3.63, 3.8) is 0 Å². The topological polar surface area (TPSA) is 62.1 Å². The molecule has 3 rings (SSSR count). The van der Waals surface area contributed by atoms with Crippen molar-refractivity contribution >= 4 is 50.7 Å². The minimum atomic E-state index is -0.445. The molecule has 9 heteroatoms. The van der Waals surface area contributed by atoms with Crippen LogP contribution in [-0.2, 0) is 11.3 Å². The largest absolute Gasteiger partial charge is 0.493 e. The Morgan fingerprint density at radius 1 is 1.21 bits per heavy atom. The SMILES string of the molecule is CCOCCn1c(=NC(=O)c2cccc(OC)c2OC)sc2cc(Cl)cc(Cl)c21. The number of carbonyl (C=O) groups excluding carboxylic acids is 1. The molecular weight excluding hydrogens is 435 g/mol. The molecular formula is C20H20Cl2N2O4S. The van der Waals surface area contributed by atoms with Crippen molar-refractivity contribution in [3.05, 3.63) is 50.7 Å². The number of fused-ring (bicyclic) bond motifs is 1. The third-order valence-corrected chi connectivity index (χ3v) is 5.72. The van der Waals surface area contributed by atoms with Crippen LogP contribution in [0.3, 0.4) is 0 Å². The first kappa shape index (κ1) is 21.6. The first-order valence-corrected chi connectivity index (χ1v) is 10.4. The number of halogens is 2. The molecule has 29 heavy (non-hydrogen) atoms. The van der Waals surface area contributed by atoms with E-state index in [-0.39, 0.29) is 0 Å². The van der Waals surface area contributed by atoms with Gasteiger partial charge in [-0.1, -0.05) is 40.6 Å². The highest BCUT2D eigenvalue weighted by molar-refractivity contribution is 7.16. The lowest BCUT2D eigenvalue weighted by atomic mass is 10.2. The highest BCUT2D eigenvalue weighted by atomic mass is 35.5. The number of hydrogen-bond acceptors (Lipinski definition) is 5. The highest BCUT2D eigenvalue weighted by Gasteiger charge is 2.17. The lowest BCUT2D eigenvalue weighted by Gasteiger charge is -2.10. The molecule has 0 aliphatic rings.